The Morgan fingerprint density at radius 3 is 2.94 bits per heavy atom. The second-order valence-electron chi connectivity index (χ2n) is 3.71. The van der Waals surface area contributed by atoms with Crippen LogP contribution in [0, 0.1) is 0 Å². The van der Waals surface area contributed by atoms with E-state index in [4.69, 9.17) is 5.73 Å². The quantitative estimate of drug-likeness (QED) is 0.666. The second-order valence-corrected chi connectivity index (χ2v) is 5.66. The van der Waals surface area contributed by atoms with Crippen molar-refractivity contribution in [3.8, 4) is 0 Å². The molecule has 0 aliphatic carbocycles. The maximum Gasteiger partial charge on any atom is 0.116 e. The molecule has 0 amide bonds. The van der Waals surface area contributed by atoms with Crippen molar-refractivity contribution in [1.82, 2.24) is 9.97 Å². The summed E-state index contributed by atoms with van der Waals surface area (Å²) in [6.07, 6.45) is 4.29. The predicted octanol–water partition coefficient (Wildman–Crippen LogP) is 3.11. The van der Waals surface area contributed by atoms with Crippen LogP contribution in [0.15, 0.2) is 40.4 Å². The molecule has 0 saturated carbocycles. The van der Waals surface area contributed by atoms with Gasteiger partial charge in [0.25, 0.3) is 0 Å². The molecule has 0 radical (unpaired) electrons. The maximum atomic E-state index is 6.20. The fraction of sp³-hybridized carbons (Fsp3) is 0.333. The van der Waals surface area contributed by atoms with E-state index in [9.17, 15) is 0 Å². The lowest BCUT2D eigenvalue weighted by Crippen LogP contribution is -2.25. The van der Waals surface area contributed by atoms with Crippen LogP contribution >= 0.6 is 23.1 Å². The van der Waals surface area contributed by atoms with E-state index in [0.717, 1.165) is 11.4 Å². The molecule has 0 saturated heterocycles. The zero-order chi connectivity index (χ0) is 12.1. The monoisotopic (exact) mass is 265 g/mol. The van der Waals surface area contributed by atoms with Crippen LogP contribution in [0.3, 0.4) is 0 Å². The summed E-state index contributed by atoms with van der Waals surface area (Å²) < 4.78 is 0. The third-order valence-electron chi connectivity index (χ3n) is 2.53. The highest BCUT2D eigenvalue weighted by Crippen LogP contribution is 2.37. The number of nitrogens with two attached hydrogens (primary N) is 1. The van der Waals surface area contributed by atoms with Gasteiger partial charge in [-0.2, -0.15) is 11.3 Å². The number of nitrogens with zero attached hydrogens (tertiary/aromatic N) is 2. The van der Waals surface area contributed by atoms with Gasteiger partial charge in [-0.25, -0.2) is 9.97 Å². The second kappa shape index (κ2) is 6.14. The van der Waals surface area contributed by atoms with E-state index in [-0.39, 0.29) is 11.3 Å². The molecule has 90 valence electrons. The Labute approximate surface area is 109 Å². The molecule has 3 nitrogen and oxygen atoms in total. The van der Waals surface area contributed by atoms with Crippen molar-refractivity contribution >= 4 is 23.1 Å². The van der Waals surface area contributed by atoms with Gasteiger partial charge in [-0.3, -0.25) is 0 Å². The van der Waals surface area contributed by atoms with E-state index in [1.54, 1.807) is 35.6 Å². The van der Waals surface area contributed by atoms with Crippen LogP contribution in [-0.2, 0) is 0 Å². The van der Waals surface area contributed by atoms with Crippen LogP contribution in [0.1, 0.15) is 24.2 Å². The smallest absolute Gasteiger partial charge is 0.116 e. The van der Waals surface area contributed by atoms with Crippen LogP contribution in [0.4, 0.5) is 0 Å². The lowest BCUT2D eigenvalue weighted by molar-refractivity contribution is 0.634. The van der Waals surface area contributed by atoms with Crippen molar-refractivity contribution in [2.75, 3.05) is 0 Å². The Kier molecular flexibility index (Phi) is 4.53. The molecule has 2 heterocycles. The number of thioether (sulfide) groups is 1. The Bertz CT molecular complexity index is 430. The van der Waals surface area contributed by atoms with E-state index in [0.29, 0.717) is 0 Å². The molecular weight excluding hydrogens is 250 g/mol. The fourth-order valence-corrected chi connectivity index (χ4v) is 3.47. The van der Waals surface area contributed by atoms with E-state index >= 15 is 0 Å². The molecular formula is C12H15N3S2. The largest absolute Gasteiger partial charge is 0.326 e. The van der Waals surface area contributed by atoms with Gasteiger partial charge in [0.2, 0.25) is 0 Å². The molecule has 0 aliphatic rings. The van der Waals surface area contributed by atoms with Crippen LogP contribution in [0.25, 0.3) is 0 Å². The molecule has 0 spiro atoms. The summed E-state index contributed by atoms with van der Waals surface area (Å²) in [5.41, 5.74) is 7.48. The molecule has 2 atom stereocenters. The van der Waals surface area contributed by atoms with E-state index in [2.05, 4.69) is 33.7 Å². The van der Waals surface area contributed by atoms with Crippen LogP contribution in [0.2, 0.25) is 0 Å². The van der Waals surface area contributed by atoms with Crippen LogP contribution in [-0.4, -0.2) is 16.0 Å². The van der Waals surface area contributed by atoms with Crippen molar-refractivity contribution in [3.05, 3.63) is 41.0 Å². The average Bonchev–Trinajstić information content (AvgIpc) is 2.90. The summed E-state index contributed by atoms with van der Waals surface area (Å²) in [6.45, 7) is 2.12. The molecule has 2 N–H and O–H groups in total. The Morgan fingerprint density at radius 2 is 2.35 bits per heavy atom. The first-order chi connectivity index (χ1) is 8.31. The van der Waals surface area contributed by atoms with Crippen molar-refractivity contribution < 1.29 is 0 Å². The van der Waals surface area contributed by atoms with Crippen molar-refractivity contribution in [2.45, 2.75) is 29.7 Å². The molecule has 0 aliphatic heterocycles. The summed E-state index contributed by atoms with van der Waals surface area (Å²) in [7, 11) is 0. The zero-order valence-electron chi connectivity index (χ0n) is 9.61. The third kappa shape index (κ3) is 3.28. The van der Waals surface area contributed by atoms with E-state index < -0.39 is 0 Å². The molecule has 2 aromatic rings. The summed E-state index contributed by atoms with van der Waals surface area (Å²) in [4.78, 5) is 8.17. The minimum Gasteiger partial charge on any atom is -0.326 e. The van der Waals surface area contributed by atoms with Gasteiger partial charge in [-0.15, -0.1) is 0 Å². The first kappa shape index (κ1) is 12.5. The highest BCUT2D eigenvalue weighted by molar-refractivity contribution is 7.99. The Hall–Kier alpha value is -0.910. The Balaban J connectivity index is 2.17. The summed E-state index contributed by atoms with van der Waals surface area (Å²) in [5, 5.41) is 5.49. The maximum absolute atomic E-state index is 6.20. The number of thiophene rings is 1. The predicted molar refractivity (Wildman–Crippen MR) is 73.2 cm³/mol. The standard InChI is InChI=1S/C12H15N3S2/c1-2-10(13)12(9-4-6-16-7-9)17-11-3-5-14-8-15-11/h3-8,10,12H,2,13H2,1H3. The van der Waals surface area contributed by atoms with Gasteiger partial charge in [-0.1, -0.05) is 18.7 Å². The highest BCUT2D eigenvalue weighted by Gasteiger charge is 2.20. The van der Waals surface area contributed by atoms with Gasteiger partial charge in [-0.05, 0) is 34.9 Å². The minimum atomic E-state index is 0.143. The molecule has 0 aromatic carbocycles. The summed E-state index contributed by atoms with van der Waals surface area (Å²) >= 11 is 3.41. The van der Waals surface area contributed by atoms with Crippen LogP contribution < -0.4 is 5.73 Å². The number of aromatic nitrogens is 2. The van der Waals surface area contributed by atoms with Gasteiger partial charge in [0.05, 0.1) is 10.3 Å². The van der Waals surface area contributed by atoms with Gasteiger partial charge in [0.1, 0.15) is 6.33 Å². The first-order valence-corrected chi connectivity index (χ1v) is 7.34. The van der Waals surface area contributed by atoms with Crippen LogP contribution in [0.5, 0.6) is 0 Å². The summed E-state index contributed by atoms with van der Waals surface area (Å²) in [5.74, 6) is 0. The van der Waals surface area contributed by atoms with Crippen molar-refractivity contribution in [1.29, 1.82) is 0 Å². The van der Waals surface area contributed by atoms with Crippen molar-refractivity contribution in [2.24, 2.45) is 5.73 Å². The van der Waals surface area contributed by atoms with Gasteiger partial charge in [0.15, 0.2) is 0 Å². The molecule has 0 bridgehead atoms. The molecule has 5 heteroatoms. The van der Waals surface area contributed by atoms with Gasteiger partial charge in [0, 0.05) is 12.2 Å². The lowest BCUT2D eigenvalue weighted by atomic mass is 10.1. The SMILES string of the molecule is CCC(N)C(Sc1ccncn1)c1ccsc1. The molecule has 2 unspecified atom stereocenters. The highest BCUT2D eigenvalue weighted by atomic mass is 32.2. The average molecular weight is 265 g/mol. The van der Waals surface area contributed by atoms with E-state index in [1.807, 2.05) is 6.07 Å². The van der Waals surface area contributed by atoms with Crippen molar-refractivity contribution in [3.63, 3.8) is 0 Å². The molecule has 17 heavy (non-hydrogen) atoms. The third-order valence-corrected chi connectivity index (χ3v) is 4.59. The number of rotatable bonds is 5. The minimum absolute atomic E-state index is 0.143. The normalized spacial score (nSPS) is 14.5. The zero-order valence-corrected chi connectivity index (χ0v) is 11.2. The number of hydrogen-bond donors (Lipinski definition) is 1. The number of hydrogen-bond acceptors (Lipinski definition) is 5. The summed E-state index contributed by atoms with van der Waals surface area (Å²) in [6, 6.07) is 4.20. The molecule has 0 fully saturated rings. The van der Waals surface area contributed by atoms with Gasteiger partial charge < -0.3 is 5.73 Å². The first-order valence-electron chi connectivity index (χ1n) is 5.51. The molecule has 2 rings (SSSR count). The Morgan fingerprint density at radius 1 is 1.47 bits per heavy atom. The fourth-order valence-electron chi connectivity index (χ4n) is 1.53. The topological polar surface area (TPSA) is 51.8 Å². The molecule has 2 aromatic heterocycles. The van der Waals surface area contributed by atoms with E-state index in [1.165, 1.54) is 5.56 Å². The van der Waals surface area contributed by atoms with Gasteiger partial charge >= 0.3 is 0 Å². The lowest BCUT2D eigenvalue weighted by Gasteiger charge is -2.21.